The molecule has 2 aromatic carbocycles. The molecule has 7 heteroatoms. The number of phenols is 1. The number of nitrogens with one attached hydrogen (secondary N) is 1. The number of hydrogen-bond donors (Lipinski definition) is 5. The minimum absolute atomic E-state index is 0.0121. The van der Waals surface area contributed by atoms with Gasteiger partial charge in [0.05, 0.1) is 6.10 Å². The Balaban J connectivity index is 1.73. The van der Waals surface area contributed by atoms with E-state index in [4.69, 9.17) is 16.2 Å². The smallest absolute Gasteiger partial charge is 0.328 e. The van der Waals surface area contributed by atoms with E-state index in [1.165, 1.54) is 18.2 Å². The van der Waals surface area contributed by atoms with Crippen molar-refractivity contribution in [2.45, 2.75) is 18.6 Å². The number of aromatic amines is 1. The number of aromatic hydroxyl groups is 1. The molecule has 0 bridgehead atoms. The first-order valence-electron chi connectivity index (χ1n) is 8.23. The van der Waals surface area contributed by atoms with Gasteiger partial charge in [-0.25, -0.2) is 4.79 Å². The Bertz CT molecular complexity index is 922. The highest BCUT2D eigenvalue weighted by atomic mass is 16.5. The average molecular weight is 355 g/mol. The van der Waals surface area contributed by atoms with Crippen molar-refractivity contribution in [3.8, 4) is 11.5 Å². The number of carbonyl (C=O) groups excluding carboxylic acids is 1. The minimum Gasteiger partial charge on any atom is -0.504 e. The molecule has 0 spiro atoms. The Morgan fingerprint density at radius 3 is 2.77 bits per heavy atom. The first-order chi connectivity index (χ1) is 12.5. The van der Waals surface area contributed by atoms with Gasteiger partial charge in [0.1, 0.15) is 6.04 Å². The molecular weight excluding hydrogens is 334 g/mol. The molecule has 0 saturated carbocycles. The summed E-state index contributed by atoms with van der Waals surface area (Å²) in [5.41, 5.74) is 13.7. The molecule has 136 valence electrons. The number of carbonyl (C=O) groups is 1. The first kappa shape index (κ1) is 17.9. The van der Waals surface area contributed by atoms with E-state index in [9.17, 15) is 15.0 Å². The van der Waals surface area contributed by atoms with Crippen molar-refractivity contribution in [3.05, 3.63) is 59.8 Å². The van der Waals surface area contributed by atoms with Crippen LogP contribution >= 0.6 is 0 Å². The fourth-order valence-corrected chi connectivity index (χ4v) is 2.76. The van der Waals surface area contributed by atoms with Gasteiger partial charge in [-0.1, -0.05) is 24.3 Å². The molecule has 26 heavy (non-hydrogen) atoms. The molecule has 0 fully saturated rings. The minimum atomic E-state index is -0.909. The number of phenolic OH excluding ortho intramolecular Hbond substituents is 1. The summed E-state index contributed by atoms with van der Waals surface area (Å²) in [5.74, 6) is -0.954. The summed E-state index contributed by atoms with van der Waals surface area (Å²) in [6.45, 7) is 0.0121. The molecule has 1 heterocycles. The van der Waals surface area contributed by atoms with Gasteiger partial charge >= 0.3 is 5.97 Å². The number of fused-ring (bicyclic) bond motifs is 1. The predicted molar refractivity (Wildman–Crippen MR) is 97.7 cm³/mol. The number of aliphatic hydroxyl groups excluding tert-OH is 1. The fourth-order valence-electron chi connectivity index (χ4n) is 2.76. The second-order valence-electron chi connectivity index (χ2n) is 6.07. The van der Waals surface area contributed by atoms with E-state index >= 15 is 0 Å². The Morgan fingerprint density at radius 1 is 1.23 bits per heavy atom. The molecule has 1 aromatic heterocycles. The Kier molecular flexibility index (Phi) is 5.22. The summed E-state index contributed by atoms with van der Waals surface area (Å²) in [6, 6.07) is 11.0. The summed E-state index contributed by atoms with van der Waals surface area (Å²) >= 11 is 0. The van der Waals surface area contributed by atoms with Crippen LogP contribution in [0.5, 0.6) is 11.5 Å². The standard InChI is InChI=1S/C19H21N3O4/c20-9-17(24)11-5-6-16(23)18(8-11)26-19(25)14(21)7-12-10-22-15-4-2-1-3-13(12)15/h1-6,8,10,14,17,22-24H,7,9,20-21H2/t14-,17?/m0/s1. The van der Waals surface area contributed by atoms with Gasteiger partial charge in [0.25, 0.3) is 0 Å². The van der Waals surface area contributed by atoms with Crippen molar-refractivity contribution >= 4 is 16.9 Å². The lowest BCUT2D eigenvalue weighted by Gasteiger charge is -2.14. The average Bonchev–Trinajstić information content (AvgIpc) is 3.05. The number of rotatable bonds is 6. The van der Waals surface area contributed by atoms with Gasteiger partial charge in [0.2, 0.25) is 0 Å². The molecule has 2 atom stereocenters. The third kappa shape index (κ3) is 3.70. The summed E-state index contributed by atoms with van der Waals surface area (Å²) < 4.78 is 5.23. The predicted octanol–water partition coefficient (Wildman–Crippen LogP) is 1.34. The summed E-state index contributed by atoms with van der Waals surface area (Å²) in [5, 5.41) is 20.7. The van der Waals surface area contributed by atoms with Crippen LogP contribution in [0.3, 0.4) is 0 Å². The second-order valence-corrected chi connectivity index (χ2v) is 6.07. The van der Waals surface area contributed by atoms with Crippen molar-refractivity contribution in [2.75, 3.05) is 6.54 Å². The number of ether oxygens (including phenoxy) is 1. The largest absolute Gasteiger partial charge is 0.504 e. The molecule has 0 radical (unpaired) electrons. The fraction of sp³-hybridized carbons (Fsp3) is 0.211. The van der Waals surface area contributed by atoms with E-state index in [1.54, 1.807) is 0 Å². The molecule has 0 saturated heterocycles. The third-order valence-electron chi connectivity index (χ3n) is 4.22. The zero-order valence-electron chi connectivity index (χ0n) is 14.1. The van der Waals surface area contributed by atoms with Gasteiger partial charge in [-0.2, -0.15) is 0 Å². The van der Waals surface area contributed by atoms with Gasteiger partial charge in [-0.3, -0.25) is 0 Å². The van der Waals surface area contributed by atoms with Crippen molar-refractivity contribution in [1.82, 2.24) is 4.98 Å². The quantitative estimate of drug-likeness (QED) is 0.334. The van der Waals surface area contributed by atoms with Crippen LogP contribution in [0.1, 0.15) is 17.2 Å². The summed E-state index contributed by atoms with van der Waals surface area (Å²) in [7, 11) is 0. The molecule has 0 aliphatic rings. The zero-order chi connectivity index (χ0) is 18.7. The molecule has 7 N–H and O–H groups in total. The number of hydrogen-bond acceptors (Lipinski definition) is 6. The lowest BCUT2D eigenvalue weighted by atomic mass is 10.1. The van der Waals surface area contributed by atoms with Crippen molar-refractivity contribution in [2.24, 2.45) is 11.5 Å². The van der Waals surface area contributed by atoms with Crippen LogP contribution in [0.4, 0.5) is 0 Å². The lowest BCUT2D eigenvalue weighted by Crippen LogP contribution is -2.36. The number of benzene rings is 2. The van der Waals surface area contributed by atoms with Crippen molar-refractivity contribution < 1.29 is 19.7 Å². The molecule has 0 amide bonds. The second kappa shape index (κ2) is 7.57. The lowest BCUT2D eigenvalue weighted by molar-refractivity contribution is -0.135. The SMILES string of the molecule is NCC(O)c1ccc(O)c(OC(=O)[C@@H](N)Cc2c[nH]c3ccccc23)c1. The van der Waals surface area contributed by atoms with Crippen LogP contribution in [0.2, 0.25) is 0 Å². The molecule has 3 rings (SSSR count). The van der Waals surface area contributed by atoms with E-state index < -0.39 is 18.1 Å². The Morgan fingerprint density at radius 2 is 2.00 bits per heavy atom. The molecule has 0 aliphatic carbocycles. The van der Waals surface area contributed by atoms with Gasteiger partial charge in [0.15, 0.2) is 11.5 Å². The number of nitrogens with two attached hydrogens (primary N) is 2. The molecule has 7 nitrogen and oxygen atoms in total. The highest BCUT2D eigenvalue weighted by Gasteiger charge is 2.20. The normalized spacial score (nSPS) is 13.5. The van der Waals surface area contributed by atoms with E-state index in [0.717, 1.165) is 16.5 Å². The maximum Gasteiger partial charge on any atom is 0.328 e. The van der Waals surface area contributed by atoms with Crippen molar-refractivity contribution in [1.29, 1.82) is 0 Å². The van der Waals surface area contributed by atoms with Crippen LogP contribution in [0.25, 0.3) is 10.9 Å². The van der Waals surface area contributed by atoms with Crippen LogP contribution in [0, 0.1) is 0 Å². The van der Waals surface area contributed by atoms with Gasteiger partial charge in [-0.15, -0.1) is 0 Å². The number of aromatic nitrogens is 1. The van der Waals surface area contributed by atoms with E-state index in [1.807, 2.05) is 30.5 Å². The van der Waals surface area contributed by atoms with Crippen LogP contribution in [-0.4, -0.2) is 33.8 Å². The maximum atomic E-state index is 12.3. The van der Waals surface area contributed by atoms with E-state index in [-0.39, 0.29) is 24.5 Å². The summed E-state index contributed by atoms with van der Waals surface area (Å²) in [6.07, 6.45) is 1.19. The number of esters is 1. The van der Waals surface area contributed by atoms with Crippen LogP contribution in [-0.2, 0) is 11.2 Å². The molecule has 1 unspecified atom stereocenters. The summed E-state index contributed by atoms with van der Waals surface area (Å²) in [4.78, 5) is 15.5. The Labute approximate surface area is 150 Å². The van der Waals surface area contributed by atoms with Gasteiger partial charge in [-0.05, 0) is 29.3 Å². The molecular formula is C19H21N3O4. The van der Waals surface area contributed by atoms with E-state index in [2.05, 4.69) is 4.98 Å². The van der Waals surface area contributed by atoms with Gasteiger partial charge < -0.3 is 31.4 Å². The monoisotopic (exact) mass is 355 g/mol. The highest BCUT2D eigenvalue weighted by molar-refractivity contribution is 5.85. The number of aliphatic hydroxyl groups is 1. The topological polar surface area (TPSA) is 135 Å². The highest BCUT2D eigenvalue weighted by Crippen LogP contribution is 2.29. The Hall–Kier alpha value is -2.87. The van der Waals surface area contributed by atoms with E-state index in [0.29, 0.717) is 5.56 Å². The molecule has 0 aliphatic heterocycles. The van der Waals surface area contributed by atoms with Crippen molar-refractivity contribution in [3.63, 3.8) is 0 Å². The maximum absolute atomic E-state index is 12.3. The van der Waals surface area contributed by atoms with Crippen LogP contribution < -0.4 is 16.2 Å². The van der Waals surface area contributed by atoms with Gasteiger partial charge in [0, 0.05) is 30.1 Å². The number of H-pyrrole nitrogens is 1. The first-order valence-corrected chi connectivity index (χ1v) is 8.23. The van der Waals surface area contributed by atoms with Crippen LogP contribution in [0.15, 0.2) is 48.7 Å². The zero-order valence-corrected chi connectivity index (χ0v) is 14.1. The molecule has 3 aromatic rings. The number of para-hydroxylation sites is 1. The third-order valence-corrected chi connectivity index (χ3v) is 4.22.